The van der Waals surface area contributed by atoms with Crippen molar-refractivity contribution in [2.45, 2.75) is 20.8 Å². The lowest BCUT2D eigenvalue weighted by molar-refractivity contribution is 1.40. The lowest BCUT2D eigenvalue weighted by Crippen LogP contribution is -1.81. The van der Waals surface area contributed by atoms with Crippen LogP contribution < -0.4 is 0 Å². The quantitative estimate of drug-likeness (QED) is 0.412. The SMILES string of the molecule is CC(C)=C/C(C)=N\S. The van der Waals surface area contributed by atoms with Crippen LogP contribution in [0.4, 0.5) is 0 Å². The van der Waals surface area contributed by atoms with Crippen molar-refractivity contribution in [3.63, 3.8) is 0 Å². The zero-order chi connectivity index (χ0) is 6.57. The van der Waals surface area contributed by atoms with Crippen molar-refractivity contribution < 1.29 is 0 Å². The molecular formula is C6H11NS. The van der Waals surface area contributed by atoms with E-state index in [0.717, 1.165) is 5.71 Å². The molecule has 0 amide bonds. The average Bonchev–Trinajstić information content (AvgIpc) is 1.65. The van der Waals surface area contributed by atoms with Crippen LogP contribution in [-0.2, 0) is 0 Å². The summed E-state index contributed by atoms with van der Waals surface area (Å²) in [4.78, 5) is 0. The van der Waals surface area contributed by atoms with Gasteiger partial charge in [0.2, 0.25) is 0 Å². The first-order valence-electron chi connectivity index (χ1n) is 2.50. The van der Waals surface area contributed by atoms with E-state index in [0.29, 0.717) is 0 Å². The van der Waals surface area contributed by atoms with E-state index >= 15 is 0 Å². The summed E-state index contributed by atoms with van der Waals surface area (Å²) in [5.74, 6) is 0. The molecule has 0 aliphatic rings. The number of allylic oxidation sites excluding steroid dienone is 2. The molecule has 0 saturated heterocycles. The number of thiol groups is 1. The molecule has 0 heterocycles. The van der Waals surface area contributed by atoms with E-state index in [-0.39, 0.29) is 0 Å². The number of hydrogen-bond acceptors (Lipinski definition) is 2. The molecule has 0 aromatic heterocycles. The molecule has 0 aromatic rings. The molecule has 8 heavy (non-hydrogen) atoms. The highest BCUT2D eigenvalue weighted by molar-refractivity contribution is 7.79. The van der Waals surface area contributed by atoms with E-state index in [4.69, 9.17) is 0 Å². The lowest BCUT2D eigenvalue weighted by atomic mass is 10.3. The highest BCUT2D eigenvalue weighted by Gasteiger charge is 1.79. The maximum Gasteiger partial charge on any atom is 0.0452 e. The number of hydrogen-bond donors (Lipinski definition) is 1. The maximum atomic E-state index is 3.73. The third-order valence-corrected chi connectivity index (χ3v) is 0.971. The van der Waals surface area contributed by atoms with E-state index in [2.05, 4.69) is 17.2 Å². The predicted molar refractivity (Wildman–Crippen MR) is 41.5 cm³/mol. The molecular weight excluding hydrogens is 118 g/mol. The van der Waals surface area contributed by atoms with Crippen molar-refractivity contribution in [2.24, 2.45) is 4.40 Å². The van der Waals surface area contributed by atoms with Gasteiger partial charge >= 0.3 is 0 Å². The Morgan fingerprint density at radius 3 is 2.00 bits per heavy atom. The molecule has 0 radical (unpaired) electrons. The van der Waals surface area contributed by atoms with E-state index < -0.39 is 0 Å². The Bertz CT molecular complexity index is 120. The standard InChI is InChI=1S/C6H11NS/c1-5(2)4-6(3)7-8/h4,8H,1-3H3/b7-6-. The summed E-state index contributed by atoms with van der Waals surface area (Å²) in [6.07, 6.45) is 1.98. The summed E-state index contributed by atoms with van der Waals surface area (Å²) in [6, 6.07) is 0. The second-order valence-corrected chi connectivity index (χ2v) is 2.16. The smallest absolute Gasteiger partial charge is 0.0452 e. The van der Waals surface area contributed by atoms with Crippen molar-refractivity contribution >= 4 is 18.5 Å². The van der Waals surface area contributed by atoms with Crippen LogP contribution in [0, 0.1) is 0 Å². The van der Waals surface area contributed by atoms with Crippen LogP contribution in [-0.4, -0.2) is 5.71 Å². The normalized spacial score (nSPS) is 11.2. The summed E-state index contributed by atoms with van der Waals surface area (Å²) < 4.78 is 3.66. The van der Waals surface area contributed by atoms with Crippen molar-refractivity contribution in [3.8, 4) is 0 Å². The Kier molecular flexibility index (Phi) is 3.61. The van der Waals surface area contributed by atoms with Crippen LogP contribution in [0.1, 0.15) is 20.8 Å². The zero-order valence-electron chi connectivity index (χ0n) is 5.47. The summed E-state index contributed by atoms with van der Waals surface area (Å²) in [5.41, 5.74) is 2.20. The van der Waals surface area contributed by atoms with Gasteiger partial charge in [-0.15, -0.1) is 0 Å². The van der Waals surface area contributed by atoms with Crippen LogP contribution >= 0.6 is 12.8 Å². The molecule has 46 valence electrons. The molecule has 0 N–H and O–H groups in total. The van der Waals surface area contributed by atoms with Gasteiger partial charge in [0, 0.05) is 5.71 Å². The van der Waals surface area contributed by atoms with Gasteiger partial charge in [0.1, 0.15) is 0 Å². The van der Waals surface area contributed by atoms with Gasteiger partial charge in [-0.05, 0) is 39.7 Å². The second-order valence-electron chi connectivity index (χ2n) is 1.96. The summed E-state index contributed by atoms with van der Waals surface area (Å²) in [7, 11) is 0. The first-order valence-corrected chi connectivity index (χ1v) is 2.90. The highest BCUT2D eigenvalue weighted by atomic mass is 32.1. The largest absolute Gasteiger partial charge is 0.225 e. The molecule has 0 atom stereocenters. The van der Waals surface area contributed by atoms with Crippen molar-refractivity contribution in [2.75, 3.05) is 0 Å². The minimum absolute atomic E-state index is 0.952. The first-order chi connectivity index (χ1) is 3.66. The fraction of sp³-hybridized carbons (Fsp3) is 0.500. The first kappa shape index (κ1) is 7.76. The fourth-order valence-corrected chi connectivity index (χ4v) is 0.504. The van der Waals surface area contributed by atoms with E-state index in [1.54, 1.807) is 0 Å². The minimum Gasteiger partial charge on any atom is -0.225 e. The predicted octanol–water partition coefficient (Wildman–Crippen LogP) is 2.26. The molecule has 0 bridgehead atoms. The summed E-state index contributed by atoms with van der Waals surface area (Å²) >= 11 is 3.73. The van der Waals surface area contributed by atoms with Gasteiger partial charge in [-0.25, -0.2) is 4.40 Å². The molecule has 0 fully saturated rings. The Morgan fingerprint density at radius 2 is 1.88 bits per heavy atom. The van der Waals surface area contributed by atoms with E-state index in [1.807, 2.05) is 26.8 Å². The van der Waals surface area contributed by atoms with Crippen molar-refractivity contribution in [1.29, 1.82) is 0 Å². The van der Waals surface area contributed by atoms with Crippen LogP contribution in [0.25, 0.3) is 0 Å². The van der Waals surface area contributed by atoms with E-state index in [1.165, 1.54) is 5.57 Å². The topological polar surface area (TPSA) is 12.4 Å². The maximum absolute atomic E-state index is 3.73. The molecule has 1 nitrogen and oxygen atoms in total. The minimum atomic E-state index is 0.952. The van der Waals surface area contributed by atoms with Gasteiger partial charge < -0.3 is 0 Å². The van der Waals surface area contributed by atoms with Crippen molar-refractivity contribution in [1.82, 2.24) is 0 Å². The van der Waals surface area contributed by atoms with Gasteiger partial charge in [-0.2, -0.15) is 0 Å². The molecule has 0 aliphatic heterocycles. The Labute approximate surface area is 56.1 Å². The van der Waals surface area contributed by atoms with Gasteiger partial charge in [-0.3, -0.25) is 0 Å². The number of rotatable bonds is 1. The average molecular weight is 129 g/mol. The van der Waals surface area contributed by atoms with Crippen LogP contribution in [0.3, 0.4) is 0 Å². The monoisotopic (exact) mass is 129 g/mol. The zero-order valence-corrected chi connectivity index (χ0v) is 6.37. The van der Waals surface area contributed by atoms with Crippen LogP contribution in [0.15, 0.2) is 16.0 Å². The number of nitrogens with zero attached hydrogens (tertiary/aromatic N) is 1. The van der Waals surface area contributed by atoms with Crippen LogP contribution in [0.2, 0.25) is 0 Å². The van der Waals surface area contributed by atoms with Gasteiger partial charge in [-0.1, -0.05) is 5.57 Å². The molecule has 0 aliphatic carbocycles. The molecule has 0 unspecified atom stereocenters. The Morgan fingerprint density at radius 1 is 1.38 bits per heavy atom. The molecule has 0 aromatic carbocycles. The molecule has 0 spiro atoms. The van der Waals surface area contributed by atoms with Gasteiger partial charge in [0.05, 0.1) is 0 Å². The van der Waals surface area contributed by atoms with Crippen LogP contribution in [0.5, 0.6) is 0 Å². The van der Waals surface area contributed by atoms with E-state index in [9.17, 15) is 0 Å². The Hall–Kier alpha value is -0.240. The highest BCUT2D eigenvalue weighted by Crippen LogP contribution is 1.91. The van der Waals surface area contributed by atoms with Gasteiger partial charge in [0.25, 0.3) is 0 Å². The Balaban J connectivity index is 3.89. The molecule has 2 heteroatoms. The fourth-order valence-electron chi connectivity index (χ4n) is 0.447. The third kappa shape index (κ3) is 3.93. The lowest BCUT2D eigenvalue weighted by Gasteiger charge is -1.86. The summed E-state index contributed by atoms with van der Waals surface area (Å²) in [5, 5.41) is 0. The summed E-state index contributed by atoms with van der Waals surface area (Å²) in [6.45, 7) is 5.98. The second kappa shape index (κ2) is 3.72. The molecule has 0 rings (SSSR count). The van der Waals surface area contributed by atoms with Gasteiger partial charge in [0.15, 0.2) is 0 Å². The third-order valence-electron chi connectivity index (χ3n) is 0.655. The molecule has 0 saturated carbocycles. The van der Waals surface area contributed by atoms with Crippen molar-refractivity contribution in [3.05, 3.63) is 11.6 Å².